The Kier molecular flexibility index (Phi) is 5.45. The van der Waals surface area contributed by atoms with E-state index in [1.807, 2.05) is 0 Å². The Hall–Kier alpha value is -2.84. The topological polar surface area (TPSA) is 84.2 Å². The molecule has 0 atom stereocenters. The van der Waals surface area contributed by atoms with Crippen molar-refractivity contribution in [1.82, 2.24) is 15.1 Å². The van der Waals surface area contributed by atoms with Gasteiger partial charge in [-0.25, -0.2) is 4.68 Å². The third-order valence-corrected chi connectivity index (χ3v) is 3.38. The van der Waals surface area contributed by atoms with Crippen LogP contribution in [0.4, 0.5) is 13.2 Å². The van der Waals surface area contributed by atoms with Crippen molar-refractivity contribution in [3.63, 3.8) is 0 Å². The van der Waals surface area contributed by atoms with E-state index in [0.29, 0.717) is 4.68 Å². The first-order valence-corrected chi connectivity index (χ1v) is 7.42. The molecule has 2 N–H and O–H groups in total. The van der Waals surface area contributed by atoms with Gasteiger partial charge in [0.1, 0.15) is 0 Å². The molecule has 0 aliphatic rings. The number of carbonyl (C=O) groups is 2. The van der Waals surface area contributed by atoms with Crippen LogP contribution in [0.3, 0.4) is 0 Å². The van der Waals surface area contributed by atoms with E-state index in [0.717, 1.165) is 11.8 Å². The lowest BCUT2D eigenvalue weighted by molar-refractivity contribution is -0.143. The highest BCUT2D eigenvalue weighted by atomic mass is 19.4. The Morgan fingerprint density at radius 2 is 2.04 bits per heavy atom. The molecule has 2 aromatic rings. The molecular formula is C16H16F3N3O3. The van der Waals surface area contributed by atoms with Gasteiger partial charge in [0.25, 0.3) is 5.91 Å². The Morgan fingerprint density at radius 1 is 1.32 bits per heavy atom. The molecule has 1 aromatic carbocycles. The Morgan fingerprint density at radius 3 is 2.64 bits per heavy atom. The second kappa shape index (κ2) is 7.37. The van der Waals surface area contributed by atoms with Crippen molar-refractivity contribution in [3.05, 3.63) is 47.3 Å². The summed E-state index contributed by atoms with van der Waals surface area (Å²) in [4.78, 5) is 22.5. The van der Waals surface area contributed by atoms with E-state index < -0.39 is 29.3 Å². The van der Waals surface area contributed by atoms with E-state index in [1.165, 1.54) is 12.1 Å². The average Bonchev–Trinajstić information content (AvgIpc) is 2.96. The lowest BCUT2D eigenvalue weighted by Gasteiger charge is -2.13. The molecule has 0 saturated carbocycles. The summed E-state index contributed by atoms with van der Waals surface area (Å²) in [7, 11) is 0. The lowest BCUT2D eigenvalue weighted by atomic mass is 10.2. The van der Waals surface area contributed by atoms with Crippen LogP contribution >= 0.6 is 0 Å². The van der Waals surface area contributed by atoms with Gasteiger partial charge in [0.15, 0.2) is 5.69 Å². The fourth-order valence-corrected chi connectivity index (χ4v) is 2.28. The Labute approximate surface area is 141 Å². The van der Waals surface area contributed by atoms with Crippen molar-refractivity contribution in [2.75, 3.05) is 6.54 Å². The highest BCUT2D eigenvalue weighted by molar-refractivity contribution is 5.95. The van der Waals surface area contributed by atoms with Gasteiger partial charge in [0.2, 0.25) is 0 Å². The summed E-state index contributed by atoms with van der Waals surface area (Å²) in [5.74, 6) is -1.99. The van der Waals surface area contributed by atoms with Crippen LogP contribution in [0, 0.1) is 6.92 Å². The van der Waals surface area contributed by atoms with E-state index in [-0.39, 0.29) is 25.1 Å². The first kappa shape index (κ1) is 18.5. The van der Waals surface area contributed by atoms with Crippen LogP contribution in [0.2, 0.25) is 0 Å². The minimum absolute atomic E-state index is 0.0436. The Balaban J connectivity index is 2.30. The number of carboxylic acid groups (broad SMARTS) is 1. The molecule has 1 aromatic heterocycles. The van der Waals surface area contributed by atoms with E-state index in [9.17, 15) is 22.8 Å². The molecule has 0 aliphatic carbocycles. The number of hydrogen-bond acceptors (Lipinski definition) is 3. The smallest absolute Gasteiger partial charge is 0.434 e. The Bertz CT molecular complexity index is 784. The van der Waals surface area contributed by atoms with Gasteiger partial charge in [-0.05, 0) is 31.0 Å². The summed E-state index contributed by atoms with van der Waals surface area (Å²) in [6, 6.07) is 6.31. The molecule has 0 bridgehead atoms. The third kappa shape index (κ3) is 4.59. The van der Waals surface area contributed by atoms with Crippen LogP contribution in [0.5, 0.6) is 0 Å². The number of rotatable bonds is 6. The predicted octanol–water partition coefficient (Wildman–Crippen LogP) is 2.79. The number of nitrogens with one attached hydrogen (secondary N) is 1. The van der Waals surface area contributed by atoms with E-state index in [2.05, 4.69) is 10.4 Å². The third-order valence-electron chi connectivity index (χ3n) is 3.38. The maximum absolute atomic E-state index is 13.5. The van der Waals surface area contributed by atoms with Crippen LogP contribution in [0.1, 0.15) is 34.5 Å². The summed E-state index contributed by atoms with van der Waals surface area (Å²) < 4.78 is 41.1. The van der Waals surface area contributed by atoms with Crippen LogP contribution in [0.15, 0.2) is 30.5 Å². The fourth-order valence-electron chi connectivity index (χ4n) is 2.28. The molecule has 0 spiro atoms. The van der Waals surface area contributed by atoms with Crippen LogP contribution < -0.4 is 5.32 Å². The van der Waals surface area contributed by atoms with Gasteiger partial charge in [0.05, 0.1) is 17.4 Å². The highest BCUT2D eigenvalue weighted by Crippen LogP contribution is 2.33. The number of aromatic nitrogens is 2. The minimum Gasteiger partial charge on any atom is -0.481 e. The fraction of sp³-hybridized carbons (Fsp3) is 0.312. The van der Waals surface area contributed by atoms with Crippen molar-refractivity contribution in [1.29, 1.82) is 0 Å². The number of aliphatic carboxylic acids is 1. The van der Waals surface area contributed by atoms with Gasteiger partial charge in [-0.2, -0.15) is 18.3 Å². The summed E-state index contributed by atoms with van der Waals surface area (Å²) in [6.45, 7) is 1.69. The molecule has 6 nitrogen and oxygen atoms in total. The molecule has 0 aliphatic heterocycles. The van der Waals surface area contributed by atoms with Crippen molar-refractivity contribution in [2.45, 2.75) is 25.9 Å². The van der Waals surface area contributed by atoms with Gasteiger partial charge in [0, 0.05) is 13.0 Å². The lowest BCUT2D eigenvalue weighted by Crippen LogP contribution is -2.27. The number of carbonyl (C=O) groups excluding carboxylic acids is 1. The van der Waals surface area contributed by atoms with Crippen molar-refractivity contribution in [3.8, 4) is 5.69 Å². The largest absolute Gasteiger partial charge is 0.481 e. The van der Waals surface area contributed by atoms with Crippen molar-refractivity contribution >= 4 is 11.9 Å². The first-order valence-electron chi connectivity index (χ1n) is 7.42. The number of nitrogens with zero attached hydrogens (tertiary/aromatic N) is 2. The van der Waals surface area contributed by atoms with Crippen molar-refractivity contribution < 1.29 is 27.9 Å². The maximum atomic E-state index is 13.5. The van der Waals surface area contributed by atoms with E-state index >= 15 is 0 Å². The molecule has 0 fully saturated rings. The number of hydrogen-bond donors (Lipinski definition) is 2. The van der Waals surface area contributed by atoms with E-state index in [4.69, 9.17) is 5.11 Å². The summed E-state index contributed by atoms with van der Waals surface area (Å²) in [5, 5.41) is 14.5. The second-order valence-electron chi connectivity index (χ2n) is 5.41. The number of carboxylic acids is 1. The zero-order valence-electron chi connectivity index (χ0n) is 13.3. The SMILES string of the molecule is Cc1cccc(-n2ncc(C(=O)NCCCC(=O)O)c2C(F)(F)F)c1. The second-order valence-corrected chi connectivity index (χ2v) is 5.41. The standard InChI is InChI=1S/C16H16F3N3O3/c1-10-4-2-5-11(8-10)22-14(16(17,18)19)12(9-21-22)15(25)20-7-3-6-13(23)24/h2,4-5,8-9H,3,6-7H2,1H3,(H,20,25)(H,23,24). The molecule has 1 amide bonds. The molecule has 0 unspecified atom stereocenters. The maximum Gasteiger partial charge on any atom is 0.434 e. The number of aryl methyl sites for hydroxylation is 1. The van der Waals surface area contributed by atoms with Crippen LogP contribution in [0.25, 0.3) is 5.69 Å². The summed E-state index contributed by atoms with van der Waals surface area (Å²) in [5.41, 5.74) is -0.837. The summed E-state index contributed by atoms with van der Waals surface area (Å²) >= 11 is 0. The summed E-state index contributed by atoms with van der Waals surface area (Å²) in [6.07, 6.45) is -3.99. The molecule has 0 saturated heterocycles. The first-order chi connectivity index (χ1) is 11.7. The number of benzene rings is 1. The molecular weight excluding hydrogens is 339 g/mol. The molecule has 0 radical (unpaired) electrons. The van der Waals surface area contributed by atoms with E-state index in [1.54, 1.807) is 19.1 Å². The molecule has 9 heteroatoms. The molecule has 25 heavy (non-hydrogen) atoms. The van der Waals surface area contributed by atoms with Gasteiger partial charge in [-0.15, -0.1) is 0 Å². The van der Waals surface area contributed by atoms with Crippen molar-refractivity contribution in [2.24, 2.45) is 0 Å². The number of alkyl halides is 3. The van der Waals surface area contributed by atoms with Gasteiger partial charge >= 0.3 is 12.1 Å². The van der Waals surface area contributed by atoms with Gasteiger partial charge in [-0.1, -0.05) is 12.1 Å². The average molecular weight is 355 g/mol. The van der Waals surface area contributed by atoms with Crippen LogP contribution in [-0.2, 0) is 11.0 Å². The predicted molar refractivity (Wildman–Crippen MR) is 82.5 cm³/mol. The number of halogens is 3. The van der Waals surface area contributed by atoms with Crippen LogP contribution in [-0.4, -0.2) is 33.3 Å². The van der Waals surface area contributed by atoms with Gasteiger partial charge < -0.3 is 10.4 Å². The minimum atomic E-state index is -4.78. The zero-order valence-corrected chi connectivity index (χ0v) is 13.3. The number of amides is 1. The van der Waals surface area contributed by atoms with Gasteiger partial charge in [-0.3, -0.25) is 9.59 Å². The molecule has 134 valence electrons. The quantitative estimate of drug-likeness (QED) is 0.781. The normalized spacial score (nSPS) is 11.4. The monoisotopic (exact) mass is 355 g/mol. The highest BCUT2D eigenvalue weighted by Gasteiger charge is 2.40. The zero-order chi connectivity index (χ0) is 18.6. The molecule has 2 rings (SSSR count). The molecule has 1 heterocycles.